The van der Waals surface area contributed by atoms with E-state index in [2.05, 4.69) is 10.1 Å². The van der Waals surface area contributed by atoms with Gasteiger partial charge in [0, 0.05) is 11.7 Å². The SMILES string of the molecule is COC(=O)c1c(N)cccc1OCC(=O)NC(C)C(C)C. The number of hydrogen-bond donors (Lipinski definition) is 2. The van der Waals surface area contributed by atoms with Crippen LogP contribution in [0.1, 0.15) is 31.1 Å². The Hall–Kier alpha value is -2.24. The van der Waals surface area contributed by atoms with Crippen LogP contribution in [0.4, 0.5) is 5.69 Å². The smallest absolute Gasteiger partial charge is 0.343 e. The molecule has 6 heteroatoms. The summed E-state index contributed by atoms with van der Waals surface area (Å²) in [6.07, 6.45) is 0. The van der Waals surface area contributed by atoms with Crippen LogP contribution in [0.5, 0.6) is 5.75 Å². The third-order valence-corrected chi connectivity index (χ3v) is 3.20. The van der Waals surface area contributed by atoms with Crippen LogP contribution in [0.3, 0.4) is 0 Å². The maximum atomic E-state index is 11.8. The van der Waals surface area contributed by atoms with E-state index >= 15 is 0 Å². The van der Waals surface area contributed by atoms with Crippen LogP contribution in [0.2, 0.25) is 0 Å². The van der Waals surface area contributed by atoms with Crippen LogP contribution in [0, 0.1) is 5.92 Å². The van der Waals surface area contributed by atoms with Crippen LogP contribution in [-0.4, -0.2) is 31.6 Å². The average molecular weight is 294 g/mol. The molecule has 0 heterocycles. The van der Waals surface area contributed by atoms with E-state index in [9.17, 15) is 9.59 Å². The lowest BCUT2D eigenvalue weighted by atomic mass is 10.1. The monoisotopic (exact) mass is 294 g/mol. The van der Waals surface area contributed by atoms with Crippen LogP contribution >= 0.6 is 0 Å². The van der Waals surface area contributed by atoms with Crippen molar-refractivity contribution < 1.29 is 19.1 Å². The molecule has 0 radical (unpaired) electrons. The molecule has 0 saturated heterocycles. The number of benzene rings is 1. The Bertz CT molecular complexity index is 514. The van der Waals surface area contributed by atoms with E-state index in [1.165, 1.54) is 7.11 Å². The third-order valence-electron chi connectivity index (χ3n) is 3.20. The van der Waals surface area contributed by atoms with Gasteiger partial charge in [0.2, 0.25) is 0 Å². The van der Waals surface area contributed by atoms with Gasteiger partial charge in [-0.15, -0.1) is 0 Å². The maximum Gasteiger partial charge on any atom is 0.343 e. The highest BCUT2D eigenvalue weighted by Crippen LogP contribution is 2.25. The summed E-state index contributed by atoms with van der Waals surface area (Å²) in [6.45, 7) is 5.76. The molecule has 0 bridgehead atoms. The van der Waals surface area contributed by atoms with Gasteiger partial charge in [0.05, 0.1) is 7.11 Å². The molecule has 21 heavy (non-hydrogen) atoms. The van der Waals surface area contributed by atoms with Gasteiger partial charge in [-0.3, -0.25) is 4.79 Å². The molecule has 1 aromatic rings. The molecule has 0 spiro atoms. The predicted octanol–water partition coefficient (Wildman–Crippen LogP) is 1.59. The number of nitrogens with one attached hydrogen (secondary N) is 1. The molecule has 1 unspecified atom stereocenters. The Balaban J connectivity index is 2.74. The summed E-state index contributed by atoms with van der Waals surface area (Å²) >= 11 is 0. The lowest BCUT2D eigenvalue weighted by molar-refractivity contribution is -0.124. The van der Waals surface area contributed by atoms with Gasteiger partial charge in [0.15, 0.2) is 6.61 Å². The third kappa shape index (κ3) is 4.66. The van der Waals surface area contributed by atoms with Gasteiger partial charge in [-0.1, -0.05) is 19.9 Å². The highest BCUT2D eigenvalue weighted by molar-refractivity contribution is 5.98. The van der Waals surface area contributed by atoms with Crippen molar-refractivity contribution >= 4 is 17.6 Å². The minimum Gasteiger partial charge on any atom is -0.483 e. The number of methoxy groups -OCH3 is 1. The number of anilines is 1. The number of rotatable bonds is 6. The lowest BCUT2D eigenvalue weighted by Crippen LogP contribution is -2.39. The number of nitrogens with two attached hydrogens (primary N) is 1. The summed E-state index contributed by atoms with van der Waals surface area (Å²) in [5, 5.41) is 2.82. The summed E-state index contributed by atoms with van der Waals surface area (Å²) in [7, 11) is 1.26. The standard InChI is InChI=1S/C15H22N2O4/c1-9(2)10(3)17-13(18)8-21-12-7-5-6-11(16)14(12)15(19)20-4/h5-7,9-10H,8,16H2,1-4H3,(H,17,18). The molecule has 1 amide bonds. The first-order valence-corrected chi connectivity index (χ1v) is 6.75. The molecule has 6 nitrogen and oxygen atoms in total. The maximum absolute atomic E-state index is 11.8. The number of carbonyl (C=O) groups is 2. The van der Waals surface area contributed by atoms with Gasteiger partial charge in [-0.05, 0) is 25.0 Å². The van der Waals surface area contributed by atoms with Crippen molar-refractivity contribution in [2.45, 2.75) is 26.8 Å². The lowest BCUT2D eigenvalue weighted by Gasteiger charge is -2.18. The van der Waals surface area contributed by atoms with Crippen LogP contribution in [-0.2, 0) is 9.53 Å². The summed E-state index contributed by atoms with van der Waals surface area (Å²) < 4.78 is 10.1. The number of amides is 1. The number of nitrogen functional groups attached to an aromatic ring is 1. The van der Waals surface area contributed by atoms with Gasteiger partial charge in [0.1, 0.15) is 11.3 Å². The van der Waals surface area contributed by atoms with Crippen molar-refractivity contribution in [1.82, 2.24) is 5.32 Å². The summed E-state index contributed by atoms with van der Waals surface area (Å²) in [5.74, 6) is -0.297. The Kier molecular flexibility index (Phi) is 6.02. The van der Waals surface area contributed by atoms with Crippen LogP contribution in [0.25, 0.3) is 0 Å². The van der Waals surface area contributed by atoms with Crippen molar-refractivity contribution in [3.05, 3.63) is 23.8 Å². The van der Waals surface area contributed by atoms with E-state index in [1.54, 1.807) is 18.2 Å². The zero-order chi connectivity index (χ0) is 16.0. The fourth-order valence-electron chi connectivity index (χ4n) is 1.59. The summed E-state index contributed by atoms with van der Waals surface area (Å²) in [6, 6.07) is 4.83. The number of carbonyl (C=O) groups excluding carboxylic acids is 2. The molecule has 0 aliphatic heterocycles. The molecule has 0 fully saturated rings. The minimum absolute atomic E-state index is 0.0435. The van der Waals surface area contributed by atoms with Gasteiger partial charge in [-0.2, -0.15) is 0 Å². The zero-order valence-electron chi connectivity index (χ0n) is 12.8. The second kappa shape index (κ2) is 7.52. The van der Waals surface area contributed by atoms with Gasteiger partial charge < -0.3 is 20.5 Å². The molecular weight excluding hydrogens is 272 g/mol. The first-order valence-electron chi connectivity index (χ1n) is 6.75. The molecule has 0 aliphatic carbocycles. The Morgan fingerprint density at radius 2 is 1.95 bits per heavy atom. The molecule has 116 valence electrons. The van der Waals surface area contributed by atoms with Gasteiger partial charge in [-0.25, -0.2) is 4.79 Å². The van der Waals surface area contributed by atoms with Crippen molar-refractivity contribution in [1.29, 1.82) is 0 Å². The Labute approximate surface area is 124 Å². The first-order chi connectivity index (χ1) is 9.86. The normalized spacial score (nSPS) is 11.9. The van der Waals surface area contributed by atoms with Crippen molar-refractivity contribution in [3.8, 4) is 5.75 Å². The molecule has 0 aromatic heterocycles. The molecular formula is C15H22N2O4. The number of ether oxygens (including phenoxy) is 2. The highest BCUT2D eigenvalue weighted by Gasteiger charge is 2.18. The van der Waals surface area contributed by atoms with Crippen molar-refractivity contribution in [2.24, 2.45) is 5.92 Å². The zero-order valence-corrected chi connectivity index (χ0v) is 12.8. The molecule has 0 saturated carbocycles. The average Bonchev–Trinajstić information content (AvgIpc) is 2.44. The fourth-order valence-corrected chi connectivity index (χ4v) is 1.59. The van der Waals surface area contributed by atoms with Crippen LogP contribution < -0.4 is 15.8 Å². The van der Waals surface area contributed by atoms with E-state index in [-0.39, 0.29) is 35.6 Å². The summed E-state index contributed by atoms with van der Waals surface area (Å²) in [5.41, 5.74) is 6.12. The van der Waals surface area contributed by atoms with E-state index in [4.69, 9.17) is 10.5 Å². The topological polar surface area (TPSA) is 90.7 Å². The van der Waals surface area contributed by atoms with E-state index in [1.807, 2.05) is 20.8 Å². The fraction of sp³-hybridized carbons (Fsp3) is 0.467. The molecule has 1 rings (SSSR count). The van der Waals surface area contributed by atoms with Gasteiger partial charge in [0.25, 0.3) is 5.91 Å². The molecule has 0 aliphatic rings. The van der Waals surface area contributed by atoms with Gasteiger partial charge >= 0.3 is 5.97 Å². The molecule has 3 N–H and O–H groups in total. The van der Waals surface area contributed by atoms with Crippen molar-refractivity contribution in [3.63, 3.8) is 0 Å². The predicted molar refractivity (Wildman–Crippen MR) is 80.1 cm³/mol. The number of esters is 1. The van der Waals surface area contributed by atoms with E-state index < -0.39 is 5.97 Å². The summed E-state index contributed by atoms with van der Waals surface area (Å²) in [4.78, 5) is 23.5. The Morgan fingerprint density at radius 3 is 2.52 bits per heavy atom. The van der Waals surface area contributed by atoms with Crippen LogP contribution in [0.15, 0.2) is 18.2 Å². The first kappa shape index (κ1) is 16.8. The molecule has 1 atom stereocenters. The van der Waals surface area contributed by atoms with E-state index in [0.29, 0.717) is 5.92 Å². The highest BCUT2D eigenvalue weighted by atomic mass is 16.5. The van der Waals surface area contributed by atoms with Crippen molar-refractivity contribution in [2.75, 3.05) is 19.5 Å². The number of hydrogen-bond acceptors (Lipinski definition) is 5. The quantitative estimate of drug-likeness (QED) is 0.614. The largest absolute Gasteiger partial charge is 0.483 e. The second-order valence-corrected chi connectivity index (χ2v) is 5.10. The molecule has 1 aromatic carbocycles. The Morgan fingerprint density at radius 1 is 1.29 bits per heavy atom. The van der Waals surface area contributed by atoms with E-state index in [0.717, 1.165) is 0 Å². The minimum atomic E-state index is -0.598. The second-order valence-electron chi connectivity index (χ2n) is 5.10.